The van der Waals surface area contributed by atoms with Crippen molar-refractivity contribution in [3.63, 3.8) is 0 Å². The normalized spacial score (nSPS) is 12.7. The second-order valence-electron chi connectivity index (χ2n) is 7.12. The lowest BCUT2D eigenvalue weighted by atomic mass is 10.1. The Morgan fingerprint density at radius 1 is 1.13 bits per heavy atom. The topological polar surface area (TPSA) is 67.9 Å². The van der Waals surface area contributed by atoms with Gasteiger partial charge in [-0.15, -0.1) is 0 Å². The molecule has 0 bridgehead atoms. The minimum absolute atomic E-state index is 0.0389. The van der Waals surface area contributed by atoms with Crippen LogP contribution in [0.15, 0.2) is 66.7 Å². The Hall–Kier alpha value is -3.51. The van der Waals surface area contributed by atoms with Gasteiger partial charge in [-0.25, -0.2) is 0 Å². The largest absolute Gasteiger partial charge is 0.492 e. The number of nitrogens with zero attached hydrogens (tertiary/aromatic N) is 1. The van der Waals surface area contributed by atoms with Gasteiger partial charge in [-0.2, -0.15) is 0 Å². The molecule has 1 aliphatic rings. The van der Waals surface area contributed by atoms with E-state index >= 15 is 0 Å². The molecular formula is C24H21ClN2O4. The molecule has 31 heavy (non-hydrogen) atoms. The summed E-state index contributed by atoms with van der Waals surface area (Å²) in [5.41, 5.74) is 2.59. The quantitative estimate of drug-likeness (QED) is 0.608. The first-order chi connectivity index (χ1) is 15.0. The van der Waals surface area contributed by atoms with Crippen LogP contribution in [0.1, 0.15) is 15.9 Å². The average Bonchev–Trinajstić information content (AvgIpc) is 2.75. The van der Waals surface area contributed by atoms with Crippen LogP contribution in [0, 0.1) is 6.92 Å². The van der Waals surface area contributed by atoms with Gasteiger partial charge < -0.3 is 19.7 Å². The number of aryl methyl sites for hydroxylation is 1. The van der Waals surface area contributed by atoms with Gasteiger partial charge in [-0.1, -0.05) is 35.9 Å². The molecule has 0 saturated heterocycles. The van der Waals surface area contributed by atoms with Crippen molar-refractivity contribution < 1.29 is 19.1 Å². The first kappa shape index (κ1) is 20.8. The third-order valence-corrected chi connectivity index (χ3v) is 5.18. The Balaban J connectivity index is 1.49. The maximum Gasteiger partial charge on any atom is 0.265 e. The molecule has 0 spiro atoms. The number of carbonyl (C=O) groups excluding carboxylic acids is 2. The summed E-state index contributed by atoms with van der Waals surface area (Å²) in [7, 11) is 0. The number of anilines is 2. The standard InChI is InChI=1S/C24H21ClN2O4/c1-16-5-4-6-18(13-16)30-12-11-27-21-14-17(9-10-22(21)31-15-23(27)28)26-24(29)19-7-2-3-8-20(19)25/h2-10,13-14H,11-12,15H2,1H3,(H,26,29). The third kappa shape index (κ3) is 4.81. The van der Waals surface area contributed by atoms with Crippen LogP contribution in [0.25, 0.3) is 0 Å². The zero-order chi connectivity index (χ0) is 21.8. The van der Waals surface area contributed by atoms with Gasteiger partial charge in [0.1, 0.15) is 18.1 Å². The summed E-state index contributed by atoms with van der Waals surface area (Å²) >= 11 is 6.11. The van der Waals surface area contributed by atoms with Crippen molar-refractivity contribution in [2.45, 2.75) is 6.92 Å². The second kappa shape index (κ2) is 9.10. The second-order valence-corrected chi connectivity index (χ2v) is 7.52. The first-order valence-corrected chi connectivity index (χ1v) is 10.2. The lowest BCUT2D eigenvalue weighted by molar-refractivity contribution is -0.121. The van der Waals surface area contributed by atoms with E-state index in [4.69, 9.17) is 21.1 Å². The molecule has 0 unspecified atom stereocenters. The molecule has 1 N–H and O–H groups in total. The van der Waals surface area contributed by atoms with Gasteiger partial charge in [0.05, 0.1) is 22.8 Å². The molecule has 1 heterocycles. The van der Waals surface area contributed by atoms with Gasteiger partial charge in [-0.05, 0) is 55.0 Å². The van der Waals surface area contributed by atoms with Crippen LogP contribution in [0.2, 0.25) is 5.02 Å². The van der Waals surface area contributed by atoms with Crippen LogP contribution in [-0.2, 0) is 4.79 Å². The van der Waals surface area contributed by atoms with Crippen molar-refractivity contribution in [1.29, 1.82) is 0 Å². The molecule has 4 rings (SSSR count). The van der Waals surface area contributed by atoms with Gasteiger partial charge in [0.15, 0.2) is 6.61 Å². The Labute approximate surface area is 185 Å². The lowest BCUT2D eigenvalue weighted by Gasteiger charge is -2.29. The monoisotopic (exact) mass is 436 g/mol. The summed E-state index contributed by atoms with van der Waals surface area (Å²) in [6.07, 6.45) is 0. The Bertz CT molecular complexity index is 1130. The third-order valence-electron chi connectivity index (χ3n) is 4.85. The van der Waals surface area contributed by atoms with E-state index in [1.54, 1.807) is 47.4 Å². The fraction of sp³-hybridized carbons (Fsp3) is 0.167. The van der Waals surface area contributed by atoms with Crippen LogP contribution in [-0.4, -0.2) is 31.6 Å². The van der Waals surface area contributed by atoms with Crippen LogP contribution in [0.4, 0.5) is 11.4 Å². The molecule has 0 aliphatic carbocycles. The first-order valence-electron chi connectivity index (χ1n) is 9.84. The zero-order valence-electron chi connectivity index (χ0n) is 16.9. The number of amides is 2. The number of nitrogens with one attached hydrogen (secondary N) is 1. The maximum atomic E-state index is 12.6. The lowest BCUT2D eigenvalue weighted by Crippen LogP contribution is -2.41. The smallest absolute Gasteiger partial charge is 0.265 e. The number of benzene rings is 3. The number of carbonyl (C=O) groups is 2. The molecule has 0 atom stereocenters. The van der Waals surface area contributed by atoms with Gasteiger partial charge in [-0.3, -0.25) is 9.59 Å². The highest BCUT2D eigenvalue weighted by molar-refractivity contribution is 6.34. The molecular weight excluding hydrogens is 416 g/mol. The highest BCUT2D eigenvalue weighted by Gasteiger charge is 2.26. The van der Waals surface area contributed by atoms with E-state index in [0.29, 0.717) is 40.9 Å². The van der Waals surface area contributed by atoms with Crippen molar-refractivity contribution in [1.82, 2.24) is 0 Å². The summed E-state index contributed by atoms with van der Waals surface area (Å²) in [5, 5.41) is 3.19. The predicted octanol–water partition coefficient (Wildman–Crippen LogP) is 4.71. The van der Waals surface area contributed by atoms with Crippen molar-refractivity contribution in [2.75, 3.05) is 30.0 Å². The Morgan fingerprint density at radius 3 is 2.77 bits per heavy atom. The van der Waals surface area contributed by atoms with E-state index in [1.165, 1.54) is 0 Å². The number of halogens is 1. The van der Waals surface area contributed by atoms with Gasteiger partial charge in [0, 0.05) is 5.69 Å². The van der Waals surface area contributed by atoms with E-state index < -0.39 is 0 Å². The molecule has 0 saturated carbocycles. The Morgan fingerprint density at radius 2 is 1.97 bits per heavy atom. The van der Waals surface area contributed by atoms with E-state index in [1.807, 2.05) is 31.2 Å². The van der Waals surface area contributed by atoms with Crippen LogP contribution < -0.4 is 19.7 Å². The number of hydrogen-bond acceptors (Lipinski definition) is 4. The van der Waals surface area contributed by atoms with Crippen LogP contribution in [0.3, 0.4) is 0 Å². The van der Waals surface area contributed by atoms with Gasteiger partial charge in [0.25, 0.3) is 11.8 Å². The molecule has 2 amide bonds. The molecule has 0 fully saturated rings. The van der Waals surface area contributed by atoms with Crippen molar-refractivity contribution >= 4 is 34.8 Å². The van der Waals surface area contributed by atoms with Crippen molar-refractivity contribution in [2.24, 2.45) is 0 Å². The molecule has 3 aromatic rings. The zero-order valence-corrected chi connectivity index (χ0v) is 17.7. The van der Waals surface area contributed by atoms with Crippen molar-refractivity contribution in [3.05, 3.63) is 82.9 Å². The fourth-order valence-electron chi connectivity index (χ4n) is 3.33. The van der Waals surface area contributed by atoms with E-state index in [-0.39, 0.29) is 18.4 Å². The number of rotatable bonds is 6. The average molecular weight is 437 g/mol. The molecule has 0 radical (unpaired) electrons. The summed E-state index contributed by atoms with van der Waals surface area (Å²) in [6, 6.07) is 19.7. The molecule has 6 nitrogen and oxygen atoms in total. The maximum absolute atomic E-state index is 12.6. The van der Waals surface area contributed by atoms with Crippen molar-refractivity contribution in [3.8, 4) is 11.5 Å². The summed E-state index contributed by atoms with van der Waals surface area (Å²) in [5.74, 6) is 0.824. The molecule has 3 aromatic carbocycles. The summed E-state index contributed by atoms with van der Waals surface area (Å²) in [6.45, 7) is 2.63. The van der Waals surface area contributed by atoms with Gasteiger partial charge >= 0.3 is 0 Å². The minimum atomic E-state index is -0.331. The fourth-order valence-corrected chi connectivity index (χ4v) is 3.55. The summed E-state index contributed by atoms with van der Waals surface area (Å²) in [4.78, 5) is 26.7. The highest BCUT2D eigenvalue weighted by atomic mass is 35.5. The minimum Gasteiger partial charge on any atom is -0.492 e. The highest BCUT2D eigenvalue weighted by Crippen LogP contribution is 2.34. The van der Waals surface area contributed by atoms with Crippen LogP contribution in [0.5, 0.6) is 11.5 Å². The molecule has 7 heteroatoms. The van der Waals surface area contributed by atoms with E-state index in [9.17, 15) is 9.59 Å². The predicted molar refractivity (Wildman–Crippen MR) is 120 cm³/mol. The molecule has 158 valence electrons. The van der Waals surface area contributed by atoms with E-state index in [0.717, 1.165) is 11.3 Å². The van der Waals surface area contributed by atoms with Crippen LogP contribution >= 0.6 is 11.6 Å². The van der Waals surface area contributed by atoms with E-state index in [2.05, 4.69) is 5.32 Å². The molecule has 1 aliphatic heterocycles. The Kier molecular flexibility index (Phi) is 6.09. The SMILES string of the molecule is Cc1cccc(OCCN2C(=O)COc3ccc(NC(=O)c4ccccc4Cl)cc32)c1. The number of fused-ring (bicyclic) bond motifs is 1. The number of hydrogen-bond donors (Lipinski definition) is 1. The molecule has 0 aromatic heterocycles. The number of ether oxygens (including phenoxy) is 2. The summed E-state index contributed by atoms with van der Waals surface area (Å²) < 4.78 is 11.3. The van der Waals surface area contributed by atoms with Gasteiger partial charge in [0.2, 0.25) is 0 Å².